The summed E-state index contributed by atoms with van der Waals surface area (Å²) >= 11 is 0. The van der Waals surface area contributed by atoms with Gasteiger partial charge >= 0.3 is 12.2 Å². The average molecular weight is 382 g/mol. The number of aliphatic hydroxyl groups is 1. The molecule has 2 amide bonds. The lowest BCUT2D eigenvalue weighted by molar-refractivity contribution is -0.287. The second-order valence-electron chi connectivity index (χ2n) is 6.10. The number of alkyl halides is 3. The molecular weight excluding hydrogens is 368 g/mol. The Kier molecular flexibility index (Phi) is 4.64. The van der Waals surface area contributed by atoms with Crippen LogP contribution in [0.2, 0.25) is 0 Å². The molecule has 0 saturated carbocycles. The fourth-order valence-corrected chi connectivity index (χ4v) is 3.10. The quantitative estimate of drug-likeness (QED) is 0.564. The van der Waals surface area contributed by atoms with Gasteiger partial charge < -0.3 is 15.7 Å². The molecule has 142 valence electrons. The van der Waals surface area contributed by atoms with E-state index in [9.17, 15) is 32.3 Å². The van der Waals surface area contributed by atoms with Crippen LogP contribution in [0.4, 0.5) is 22.4 Å². The van der Waals surface area contributed by atoms with E-state index in [0.717, 1.165) is 12.1 Å². The maximum Gasteiger partial charge on any atom is 0.437 e. The minimum atomic E-state index is -5.36. The number of benzene rings is 2. The lowest BCUT2D eigenvalue weighted by atomic mass is 9.77. The van der Waals surface area contributed by atoms with Crippen LogP contribution in [0.15, 0.2) is 54.6 Å². The topological polar surface area (TPSA) is 78.4 Å². The summed E-state index contributed by atoms with van der Waals surface area (Å²) < 4.78 is 54.6. The van der Waals surface area contributed by atoms with E-state index in [1.165, 1.54) is 41.7 Å². The van der Waals surface area contributed by atoms with Gasteiger partial charge in [-0.25, -0.2) is 9.18 Å². The molecule has 1 aliphatic heterocycles. The van der Waals surface area contributed by atoms with Crippen LogP contribution in [-0.4, -0.2) is 28.8 Å². The molecule has 0 aliphatic carbocycles. The lowest BCUT2D eigenvalue weighted by Gasteiger charge is -2.45. The van der Waals surface area contributed by atoms with Gasteiger partial charge in [0.1, 0.15) is 11.7 Å². The second kappa shape index (κ2) is 6.66. The molecule has 0 aromatic heterocycles. The van der Waals surface area contributed by atoms with Crippen LogP contribution in [0.3, 0.4) is 0 Å². The number of nitrogens with one attached hydrogen (secondary N) is 2. The van der Waals surface area contributed by atoms with Crippen LogP contribution in [0.5, 0.6) is 0 Å². The predicted octanol–water partition coefficient (Wildman–Crippen LogP) is 2.93. The maximum atomic E-state index is 13.7. The number of carbonyl (C=O) groups is 2. The van der Waals surface area contributed by atoms with Gasteiger partial charge in [-0.05, 0) is 17.7 Å². The normalized spacial score (nSPS) is 25.4. The average Bonchev–Trinajstić information content (AvgIpc) is 2.60. The molecule has 2 aromatic carbocycles. The number of carbonyl (C=O) groups excluding carboxylic acids is 2. The van der Waals surface area contributed by atoms with Crippen molar-refractivity contribution in [2.45, 2.75) is 17.9 Å². The van der Waals surface area contributed by atoms with Crippen LogP contribution in [0.1, 0.15) is 22.0 Å². The summed E-state index contributed by atoms with van der Waals surface area (Å²) in [7, 11) is 0. The summed E-state index contributed by atoms with van der Waals surface area (Å²) in [6, 6.07) is 8.58. The highest BCUT2D eigenvalue weighted by Crippen LogP contribution is 2.43. The van der Waals surface area contributed by atoms with Gasteiger partial charge in [-0.15, -0.1) is 0 Å². The van der Waals surface area contributed by atoms with Gasteiger partial charge in [-0.3, -0.25) is 4.79 Å². The molecule has 0 spiro atoms. The van der Waals surface area contributed by atoms with Gasteiger partial charge in [-0.2, -0.15) is 13.2 Å². The monoisotopic (exact) mass is 382 g/mol. The van der Waals surface area contributed by atoms with Gasteiger partial charge in [0, 0.05) is 5.56 Å². The summed E-state index contributed by atoms with van der Waals surface area (Å²) in [5.74, 6) is -4.00. The minimum absolute atomic E-state index is 0.0817. The van der Waals surface area contributed by atoms with Crippen molar-refractivity contribution in [1.82, 2.24) is 10.6 Å². The third-order valence-electron chi connectivity index (χ3n) is 4.35. The summed E-state index contributed by atoms with van der Waals surface area (Å²) in [5, 5.41) is 14.0. The number of halogens is 4. The van der Waals surface area contributed by atoms with Gasteiger partial charge in [0.05, 0.1) is 6.04 Å². The number of Topliss-reactive ketones (excluding diaryl/α,β-unsaturated/α-hetero) is 1. The summed E-state index contributed by atoms with van der Waals surface area (Å²) in [6.07, 6.45) is -5.36. The van der Waals surface area contributed by atoms with Crippen molar-refractivity contribution in [3.05, 3.63) is 71.5 Å². The fraction of sp³-hybridized carbons (Fsp3) is 0.222. The Labute approximate surface area is 151 Å². The largest absolute Gasteiger partial charge is 0.437 e. The molecule has 1 fully saturated rings. The Bertz CT molecular complexity index is 872. The van der Waals surface area contributed by atoms with Crippen molar-refractivity contribution in [2.24, 2.45) is 5.92 Å². The maximum absolute atomic E-state index is 13.7. The number of hydrogen-bond acceptors (Lipinski definition) is 3. The smallest absolute Gasteiger partial charge is 0.363 e. The van der Waals surface area contributed by atoms with Crippen LogP contribution in [0.25, 0.3) is 0 Å². The Morgan fingerprint density at radius 3 is 2.33 bits per heavy atom. The van der Waals surface area contributed by atoms with E-state index in [0.29, 0.717) is 0 Å². The molecule has 27 heavy (non-hydrogen) atoms. The number of rotatable bonds is 3. The third-order valence-corrected chi connectivity index (χ3v) is 4.35. The lowest BCUT2D eigenvalue weighted by Crippen LogP contribution is -2.72. The van der Waals surface area contributed by atoms with E-state index in [1.54, 1.807) is 6.07 Å². The molecule has 3 unspecified atom stereocenters. The molecule has 1 heterocycles. The zero-order valence-electron chi connectivity index (χ0n) is 13.6. The molecular formula is C18H14F4N2O3. The van der Waals surface area contributed by atoms with E-state index in [4.69, 9.17) is 0 Å². The van der Waals surface area contributed by atoms with E-state index in [-0.39, 0.29) is 11.1 Å². The SMILES string of the molecule is O=C1NC(c2cccc(F)c2)C(C(=O)c2ccccc2)C(O)(C(F)(F)F)N1. The number of hydrogen-bond donors (Lipinski definition) is 3. The van der Waals surface area contributed by atoms with Gasteiger partial charge in [0.2, 0.25) is 5.72 Å². The zero-order valence-corrected chi connectivity index (χ0v) is 13.6. The summed E-state index contributed by atoms with van der Waals surface area (Å²) in [4.78, 5) is 24.7. The number of urea groups is 1. The number of amides is 2. The van der Waals surface area contributed by atoms with Gasteiger partial charge in [0.25, 0.3) is 0 Å². The molecule has 9 heteroatoms. The fourth-order valence-electron chi connectivity index (χ4n) is 3.10. The van der Waals surface area contributed by atoms with Crippen molar-refractivity contribution < 1.29 is 32.3 Å². The van der Waals surface area contributed by atoms with Crippen LogP contribution in [-0.2, 0) is 0 Å². The summed E-state index contributed by atoms with van der Waals surface area (Å²) in [6.45, 7) is 0. The highest BCUT2D eigenvalue weighted by atomic mass is 19.4. The van der Waals surface area contributed by atoms with Crippen molar-refractivity contribution in [1.29, 1.82) is 0 Å². The first-order chi connectivity index (χ1) is 12.6. The van der Waals surface area contributed by atoms with Crippen molar-refractivity contribution in [3.63, 3.8) is 0 Å². The van der Waals surface area contributed by atoms with E-state index >= 15 is 0 Å². The highest BCUT2D eigenvalue weighted by Gasteiger charge is 2.66. The molecule has 3 atom stereocenters. The van der Waals surface area contributed by atoms with E-state index in [2.05, 4.69) is 5.32 Å². The molecule has 1 saturated heterocycles. The first-order valence-corrected chi connectivity index (χ1v) is 7.86. The molecule has 2 aromatic rings. The third kappa shape index (κ3) is 3.37. The Morgan fingerprint density at radius 2 is 1.74 bits per heavy atom. The molecule has 0 bridgehead atoms. The van der Waals surface area contributed by atoms with Crippen LogP contribution in [0, 0.1) is 11.7 Å². The van der Waals surface area contributed by atoms with Crippen molar-refractivity contribution in [3.8, 4) is 0 Å². The van der Waals surface area contributed by atoms with Gasteiger partial charge in [0.15, 0.2) is 5.78 Å². The first-order valence-electron chi connectivity index (χ1n) is 7.86. The Hall–Kier alpha value is -2.94. The van der Waals surface area contributed by atoms with Crippen molar-refractivity contribution in [2.75, 3.05) is 0 Å². The van der Waals surface area contributed by atoms with Crippen LogP contribution >= 0.6 is 0 Å². The molecule has 0 radical (unpaired) electrons. The zero-order chi connectivity index (χ0) is 19.8. The highest BCUT2D eigenvalue weighted by molar-refractivity contribution is 6.00. The van der Waals surface area contributed by atoms with E-state index in [1.807, 2.05) is 0 Å². The summed E-state index contributed by atoms with van der Waals surface area (Å²) in [5.41, 5.74) is -4.01. The molecule has 3 rings (SSSR count). The Balaban J connectivity index is 2.17. The minimum Gasteiger partial charge on any atom is -0.363 e. The van der Waals surface area contributed by atoms with Crippen LogP contribution < -0.4 is 10.6 Å². The molecule has 1 aliphatic rings. The predicted molar refractivity (Wildman–Crippen MR) is 86.1 cm³/mol. The molecule has 5 nitrogen and oxygen atoms in total. The first kappa shape index (κ1) is 18.8. The van der Waals surface area contributed by atoms with E-state index < -0.39 is 41.5 Å². The van der Waals surface area contributed by atoms with Gasteiger partial charge in [-0.1, -0.05) is 42.5 Å². The Morgan fingerprint density at radius 1 is 1.07 bits per heavy atom. The van der Waals surface area contributed by atoms with Crippen molar-refractivity contribution >= 4 is 11.8 Å². The molecule has 3 N–H and O–H groups in total. The number of ketones is 1. The second-order valence-corrected chi connectivity index (χ2v) is 6.10. The standard InChI is InChI=1S/C18H14F4N2O3/c19-12-8-4-7-11(9-12)14-13(15(25)10-5-2-1-3-6-10)17(27,18(20,21)22)24-16(26)23-14/h1-9,13-14,27H,(H2,23,24,26).